The Balaban J connectivity index is 2.30. The molecule has 21 heavy (non-hydrogen) atoms. The molecule has 0 aliphatic heterocycles. The summed E-state index contributed by atoms with van der Waals surface area (Å²) >= 11 is 9.25. The standard InChI is InChI=1S/C15H12BrClF3N/c1-9-2-4-11(21-8-9)7-14(17)12-5-3-10(16)6-13(12)15(18,19)20/h2-6,8,14H,7H2,1H3. The Morgan fingerprint density at radius 3 is 2.52 bits per heavy atom. The van der Waals surface area contributed by atoms with E-state index in [1.165, 1.54) is 6.07 Å². The maximum Gasteiger partial charge on any atom is 0.416 e. The van der Waals surface area contributed by atoms with E-state index in [0.717, 1.165) is 11.6 Å². The molecule has 0 saturated carbocycles. The minimum atomic E-state index is -4.44. The Bertz CT molecular complexity index is 626. The van der Waals surface area contributed by atoms with Crippen molar-refractivity contribution in [2.45, 2.75) is 24.9 Å². The van der Waals surface area contributed by atoms with Gasteiger partial charge in [-0.25, -0.2) is 0 Å². The number of aryl methyl sites for hydroxylation is 1. The fourth-order valence-corrected chi connectivity index (χ4v) is 2.67. The van der Waals surface area contributed by atoms with E-state index < -0.39 is 17.1 Å². The Morgan fingerprint density at radius 2 is 1.95 bits per heavy atom. The third kappa shape index (κ3) is 4.20. The molecule has 0 aliphatic carbocycles. The fourth-order valence-electron chi connectivity index (χ4n) is 1.96. The zero-order valence-corrected chi connectivity index (χ0v) is 13.4. The van der Waals surface area contributed by atoms with Crippen LogP contribution in [0.3, 0.4) is 0 Å². The molecule has 6 heteroatoms. The average molecular weight is 379 g/mol. The number of benzene rings is 1. The van der Waals surface area contributed by atoms with Crippen LogP contribution in [0.25, 0.3) is 0 Å². The molecule has 1 nitrogen and oxygen atoms in total. The van der Waals surface area contributed by atoms with E-state index in [1.807, 2.05) is 13.0 Å². The van der Waals surface area contributed by atoms with Gasteiger partial charge in [0.15, 0.2) is 0 Å². The molecule has 2 aromatic rings. The van der Waals surface area contributed by atoms with Gasteiger partial charge < -0.3 is 0 Å². The summed E-state index contributed by atoms with van der Waals surface area (Å²) in [7, 11) is 0. The van der Waals surface area contributed by atoms with Gasteiger partial charge in [0.1, 0.15) is 0 Å². The summed E-state index contributed by atoms with van der Waals surface area (Å²) in [4.78, 5) is 4.18. The largest absolute Gasteiger partial charge is 0.416 e. The highest BCUT2D eigenvalue weighted by atomic mass is 79.9. The monoisotopic (exact) mass is 377 g/mol. The Kier molecular flexibility index (Phi) is 4.94. The maximum absolute atomic E-state index is 13.1. The second kappa shape index (κ2) is 6.36. The predicted octanol–water partition coefficient (Wildman–Crippen LogP) is 5.69. The van der Waals surface area contributed by atoms with Crippen molar-refractivity contribution in [3.8, 4) is 0 Å². The summed E-state index contributed by atoms with van der Waals surface area (Å²) in [5.41, 5.74) is 1.000. The normalized spacial score (nSPS) is 13.2. The SMILES string of the molecule is Cc1ccc(CC(Cl)c2ccc(Br)cc2C(F)(F)F)nc1. The molecular formula is C15H12BrClF3N. The molecule has 0 amide bonds. The molecule has 1 unspecified atom stereocenters. The molecular weight excluding hydrogens is 367 g/mol. The topological polar surface area (TPSA) is 12.9 Å². The van der Waals surface area contributed by atoms with E-state index in [9.17, 15) is 13.2 Å². The number of aromatic nitrogens is 1. The van der Waals surface area contributed by atoms with Gasteiger partial charge in [-0.3, -0.25) is 4.98 Å². The second-order valence-electron chi connectivity index (χ2n) is 4.73. The van der Waals surface area contributed by atoms with Crippen LogP contribution in [0.2, 0.25) is 0 Å². The molecule has 0 saturated heterocycles. The smallest absolute Gasteiger partial charge is 0.261 e. The molecule has 0 fully saturated rings. The lowest BCUT2D eigenvalue weighted by atomic mass is 10.0. The van der Waals surface area contributed by atoms with E-state index in [1.54, 1.807) is 18.3 Å². The molecule has 1 heterocycles. The Morgan fingerprint density at radius 1 is 1.24 bits per heavy atom. The number of hydrogen-bond acceptors (Lipinski definition) is 1. The van der Waals surface area contributed by atoms with Gasteiger partial charge in [0.05, 0.1) is 10.9 Å². The number of pyridine rings is 1. The minimum absolute atomic E-state index is 0.0646. The third-order valence-corrected chi connectivity index (χ3v) is 3.90. The first kappa shape index (κ1) is 16.3. The van der Waals surface area contributed by atoms with E-state index in [4.69, 9.17) is 11.6 Å². The van der Waals surface area contributed by atoms with Gasteiger partial charge in [-0.15, -0.1) is 11.6 Å². The highest BCUT2D eigenvalue weighted by molar-refractivity contribution is 9.10. The Labute approximate surface area is 134 Å². The second-order valence-corrected chi connectivity index (χ2v) is 6.17. The number of halogens is 5. The minimum Gasteiger partial charge on any atom is -0.261 e. The van der Waals surface area contributed by atoms with Gasteiger partial charge in [-0.2, -0.15) is 13.2 Å². The van der Waals surface area contributed by atoms with Crippen LogP contribution in [-0.2, 0) is 12.6 Å². The van der Waals surface area contributed by atoms with Crippen LogP contribution >= 0.6 is 27.5 Å². The Hall–Kier alpha value is -1.07. The van der Waals surface area contributed by atoms with Crippen molar-refractivity contribution in [2.75, 3.05) is 0 Å². The molecule has 1 aromatic carbocycles. The lowest BCUT2D eigenvalue weighted by Crippen LogP contribution is -2.11. The number of hydrogen-bond donors (Lipinski definition) is 0. The number of nitrogens with zero attached hydrogens (tertiary/aromatic N) is 1. The lowest BCUT2D eigenvalue weighted by Gasteiger charge is -2.17. The van der Waals surface area contributed by atoms with Gasteiger partial charge in [0.25, 0.3) is 0 Å². The van der Waals surface area contributed by atoms with Crippen molar-refractivity contribution < 1.29 is 13.2 Å². The lowest BCUT2D eigenvalue weighted by molar-refractivity contribution is -0.138. The highest BCUT2D eigenvalue weighted by Gasteiger charge is 2.35. The summed E-state index contributed by atoms with van der Waals surface area (Å²) < 4.78 is 39.6. The van der Waals surface area contributed by atoms with Crippen molar-refractivity contribution in [2.24, 2.45) is 0 Å². The van der Waals surface area contributed by atoms with Crippen molar-refractivity contribution in [3.05, 3.63) is 63.4 Å². The quantitative estimate of drug-likeness (QED) is 0.625. The van der Waals surface area contributed by atoms with Gasteiger partial charge in [-0.1, -0.05) is 28.1 Å². The summed E-state index contributed by atoms with van der Waals surface area (Å²) in [6.07, 6.45) is -2.52. The van der Waals surface area contributed by atoms with Crippen LogP contribution in [0.5, 0.6) is 0 Å². The van der Waals surface area contributed by atoms with E-state index in [-0.39, 0.29) is 12.0 Å². The molecule has 0 spiro atoms. The zero-order valence-electron chi connectivity index (χ0n) is 11.1. The van der Waals surface area contributed by atoms with Crippen LogP contribution in [0.4, 0.5) is 13.2 Å². The summed E-state index contributed by atoms with van der Waals surface area (Å²) in [5.74, 6) is 0. The van der Waals surface area contributed by atoms with Crippen molar-refractivity contribution in [1.29, 1.82) is 0 Å². The third-order valence-electron chi connectivity index (χ3n) is 3.02. The van der Waals surface area contributed by atoms with Crippen molar-refractivity contribution >= 4 is 27.5 Å². The number of rotatable bonds is 3. The van der Waals surface area contributed by atoms with E-state index in [2.05, 4.69) is 20.9 Å². The van der Waals surface area contributed by atoms with Crippen LogP contribution in [0, 0.1) is 6.92 Å². The molecule has 0 radical (unpaired) electrons. The van der Waals surface area contributed by atoms with Crippen molar-refractivity contribution in [1.82, 2.24) is 4.98 Å². The summed E-state index contributed by atoms with van der Waals surface area (Å²) in [6, 6.07) is 7.64. The van der Waals surface area contributed by atoms with Gasteiger partial charge in [0, 0.05) is 22.8 Å². The van der Waals surface area contributed by atoms with Gasteiger partial charge >= 0.3 is 6.18 Å². The van der Waals surface area contributed by atoms with Crippen LogP contribution < -0.4 is 0 Å². The number of alkyl halides is 4. The molecule has 0 aliphatic rings. The molecule has 1 atom stereocenters. The highest BCUT2D eigenvalue weighted by Crippen LogP contribution is 2.39. The molecule has 0 bridgehead atoms. The predicted molar refractivity (Wildman–Crippen MR) is 80.4 cm³/mol. The molecule has 112 valence electrons. The first-order chi connectivity index (χ1) is 9.77. The van der Waals surface area contributed by atoms with E-state index in [0.29, 0.717) is 10.2 Å². The van der Waals surface area contributed by atoms with Gasteiger partial charge in [0.2, 0.25) is 0 Å². The average Bonchev–Trinajstić information content (AvgIpc) is 2.40. The molecule has 2 rings (SSSR count). The van der Waals surface area contributed by atoms with Crippen LogP contribution in [0.15, 0.2) is 41.0 Å². The van der Waals surface area contributed by atoms with Crippen LogP contribution in [-0.4, -0.2) is 4.98 Å². The molecule has 0 N–H and O–H groups in total. The van der Waals surface area contributed by atoms with Crippen molar-refractivity contribution in [3.63, 3.8) is 0 Å². The van der Waals surface area contributed by atoms with Gasteiger partial charge in [-0.05, 0) is 36.2 Å². The van der Waals surface area contributed by atoms with E-state index >= 15 is 0 Å². The first-order valence-corrected chi connectivity index (χ1v) is 7.42. The summed E-state index contributed by atoms with van der Waals surface area (Å²) in [6.45, 7) is 1.89. The fraction of sp³-hybridized carbons (Fsp3) is 0.267. The summed E-state index contributed by atoms with van der Waals surface area (Å²) in [5, 5.41) is -0.787. The zero-order chi connectivity index (χ0) is 15.6. The maximum atomic E-state index is 13.1. The first-order valence-electron chi connectivity index (χ1n) is 6.19. The van der Waals surface area contributed by atoms with Crippen LogP contribution in [0.1, 0.15) is 27.8 Å². The molecule has 1 aromatic heterocycles.